The molecule has 10 heteroatoms. The number of nitrogens with zero attached hydrogens (tertiary/aromatic N) is 5. The van der Waals surface area contributed by atoms with E-state index in [1.54, 1.807) is 44.6 Å². The second-order valence-electron chi connectivity index (χ2n) is 7.25. The van der Waals surface area contributed by atoms with Crippen LogP contribution in [0.3, 0.4) is 0 Å². The summed E-state index contributed by atoms with van der Waals surface area (Å²) < 4.78 is 23.2. The van der Waals surface area contributed by atoms with Gasteiger partial charge in [0.25, 0.3) is 5.78 Å². The fourth-order valence-electron chi connectivity index (χ4n) is 2.65. The molecule has 0 aliphatic carbocycles. The Kier molecular flexibility index (Phi) is 5.94. The van der Waals surface area contributed by atoms with Gasteiger partial charge in [0.2, 0.25) is 5.88 Å². The summed E-state index contributed by atoms with van der Waals surface area (Å²) in [5.74, 6) is 6.12. The van der Waals surface area contributed by atoms with E-state index < -0.39 is 5.60 Å². The third-order valence-electron chi connectivity index (χ3n) is 4.16. The van der Waals surface area contributed by atoms with Crippen LogP contribution in [-0.4, -0.2) is 42.4 Å². The molecule has 0 saturated heterocycles. The molecule has 162 valence electrons. The van der Waals surface area contributed by atoms with Gasteiger partial charge in [0.1, 0.15) is 28.5 Å². The fraction of sp³-hybridized carbons (Fsp3) is 0.182. The monoisotopic (exact) mass is 450 g/mol. The van der Waals surface area contributed by atoms with Crippen molar-refractivity contribution in [2.24, 2.45) is 0 Å². The Hall–Kier alpha value is -3.68. The summed E-state index contributed by atoms with van der Waals surface area (Å²) in [6.07, 6.45) is 4.77. The largest absolute Gasteiger partial charge is 0.480 e. The van der Waals surface area contributed by atoms with Crippen molar-refractivity contribution in [1.29, 1.82) is 0 Å². The highest BCUT2D eigenvalue weighted by molar-refractivity contribution is 8.00. The summed E-state index contributed by atoms with van der Waals surface area (Å²) >= 11 is 1.30. The molecule has 3 aromatic heterocycles. The van der Waals surface area contributed by atoms with Crippen LogP contribution in [0.5, 0.6) is 5.88 Å². The van der Waals surface area contributed by atoms with Crippen LogP contribution in [-0.2, 0) is 0 Å². The molecular formula is C22H19FN6O2S. The van der Waals surface area contributed by atoms with E-state index in [4.69, 9.17) is 4.74 Å². The van der Waals surface area contributed by atoms with Crippen molar-refractivity contribution in [2.45, 2.75) is 24.3 Å². The molecule has 0 bridgehead atoms. The molecule has 0 aliphatic rings. The van der Waals surface area contributed by atoms with Crippen molar-refractivity contribution in [2.75, 3.05) is 11.8 Å². The predicted octanol–water partition coefficient (Wildman–Crippen LogP) is 3.58. The fourth-order valence-corrected chi connectivity index (χ4v) is 3.30. The summed E-state index contributed by atoms with van der Waals surface area (Å²) in [6.45, 7) is 3.20. The van der Waals surface area contributed by atoms with E-state index in [-0.39, 0.29) is 5.82 Å². The maximum Gasteiger partial charge on any atom is 0.251 e. The summed E-state index contributed by atoms with van der Waals surface area (Å²) in [6, 6.07) is 7.96. The first-order chi connectivity index (χ1) is 15.3. The van der Waals surface area contributed by atoms with Crippen molar-refractivity contribution < 1.29 is 14.2 Å². The number of methoxy groups -OCH3 is 1. The number of hydrogen-bond donors (Lipinski definition) is 2. The quantitative estimate of drug-likeness (QED) is 0.352. The molecule has 4 rings (SSSR count). The van der Waals surface area contributed by atoms with E-state index in [1.165, 1.54) is 35.7 Å². The summed E-state index contributed by atoms with van der Waals surface area (Å²) in [4.78, 5) is 13.7. The molecule has 0 atom stereocenters. The topological polar surface area (TPSA) is 97.5 Å². The van der Waals surface area contributed by atoms with Crippen LogP contribution in [0.2, 0.25) is 0 Å². The van der Waals surface area contributed by atoms with Crippen LogP contribution in [0.15, 0.2) is 53.8 Å². The van der Waals surface area contributed by atoms with Crippen LogP contribution in [0.1, 0.15) is 19.5 Å². The van der Waals surface area contributed by atoms with Gasteiger partial charge in [0, 0.05) is 16.7 Å². The zero-order valence-electron chi connectivity index (χ0n) is 17.5. The number of fused-ring (bicyclic) bond motifs is 1. The Morgan fingerprint density at radius 1 is 1.12 bits per heavy atom. The zero-order chi connectivity index (χ0) is 22.7. The lowest BCUT2D eigenvalue weighted by Gasteiger charge is -2.11. The first kappa shape index (κ1) is 21.5. The third kappa shape index (κ3) is 4.96. The van der Waals surface area contributed by atoms with E-state index >= 15 is 0 Å². The molecule has 1 aromatic carbocycles. The predicted molar refractivity (Wildman–Crippen MR) is 120 cm³/mol. The number of aromatic nitrogens is 5. The first-order valence-electron chi connectivity index (χ1n) is 9.51. The maximum atomic E-state index is 13.1. The van der Waals surface area contributed by atoms with Gasteiger partial charge in [0.15, 0.2) is 0 Å². The smallest absolute Gasteiger partial charge is 0.251 e. The number of anilines is 1. The minimum absolute atomic E-state index is 0.296. The van der Waals surface area contributed by atoms with Crippen LogP contribution >= 0.6 is 11.9 Å². The molecule has 2 N–H and O–H groups in total. The van der Waals surface area contributed by atoms with Crippen LogP contribution in [0.25, 0.3) is 17.0 Å². The molecule has 0 spiro atoms. The van der Waals surface area contributed by atoms with Crippen molar-refractivity contribution in [1.82, 2.24) is 24.6 Å². The van der Waals surface area contributed by atoms with Gasteiger partial charge in [-0.25, -0.2) is 19.3 Å². The molecule has 0 fully saturated rings. The molecule has 8 nitrogen and oxygen atoms in total. The highest BCUT2D eigenvalue weighted by atomic mass is 32.2. The lowest BCUT2D eigenvalue weighted by molar-refractivity contribution is 0.143. The lowest BCUT2D eigenvalue weighted by Crippen LogP contribution is -2.14. The molecule has 0 radical (unpaired) electrons. The summed E-state index contributed by atoms with van der Waals surface area (Å²) in [7, 11) is 1.53. The van der Waals surface area contributed by atoms with E-state index in [2.05, 4.69) is 36.6 Å². The van der Waals surface area contributed by atoms with Gasteiger partial charge in [-0.05, 0) is 62.0 Å². The Balaban J connectivity index is 1.66. The van der Waals surface area contributed by atoms with Gasteiger partial charge in [-0.3, -0.25) is 0 Å². The van der Waals surface area contributed by atoms with Gasteiger partial charge >= 0.3 is 0 Å². The van der Waals surface area contributed by atoms with Gasteiger partial charge < -0.3 is 14.6 Å². The second kappa shape index (κ2) is 8.82. The van der Waals surface area contributed by atoms with Crippen LogP contribution in [0, 0.1) is 17.7 Å². The number of nitrogens with one attached hydrogen (secondary N) is 1. The van der Waals surface area contributed by atoms with Crippen LogP contribution < -0.4 is 9.46 Å². The number of hydrogen-bond acceptors (Lipinski definition) is 8. The second-order valence-corrected chi connectivity index (χ2v) is 8.13. The number of imidazole rings is 1. The molecule has 0 aliphatic heterocycles. The van der Waals surface area contributed by atoms with Gasteiger partial charge in [-0.1, -0.05) is 5.92 Å². The van der Waals surface area contributed by atoms with Crippen molar-refractivity contribution in [3.05, 3.63) is 60.4 Å². The van der Waals surface area contributed by atoms with E-state index in [0.29, 0.717) is 34.3 Å². The molecule has 0 amide bonds. The Bertz CT molecular complexity index is 1320. The van der Waals surface area contributed by atoms with Crippen molar-refractivity contribution in [3.63, 3.8) is 0 Å². The van der Waals surface area contributed by atoms with E-state index in [1.807, 2.05) is 6.07 Å². The van der Waals surface area contributed by atoms with Crippen LogP contribution in [0.4, 0.5) is 10.1 Å². The average Bonchev–Trinajstić information content (AvgIpc) is 3.19. The van der Waals surface area contributed by atoms with Gasteiger partial charge in [-0.2, -0.15) is 9.61 Å². The Labute approximate surface area is 188 Å². The minimum atomic E-state index is -1.14. The highest BCUT2D eigenvalue weighted by Gasteiger charge is 2.12. The number of benzene rings is 1. The normalized spacial score (nSPS) is 11.2. The number of halogens is 1. The van der Waals surface area contributed by atoms with Gasteiger partial charge in [0.05, 0.1) is 19.5 Å². The minimum Gasteiger partial charge on any atom is -0.480 e. The molecule has 3 heterocycles. The van der Waals surface area contributed by atoms with E-state index in [9.17, 15) is 9.50 Å². The van der Waals surface area contributed by atoms with Gasteiger partial charge in [-0.15, -0.1) is 0 Å². The van der Waals surface area contributed by atoms with E-state index in [0.717, 1.165) is 4.90 Å². The first-order valence-corrected chi connectivity index (χ1v) is 10.3. The number of rotatable bonds is 5. The average molecular weight is 450 g/mol. The van der Waals surface area contributed by atoms with Crippen molar-refractivity contribution in [3.8, 4) is 29.0 Å². The molecule has 0 saturated carbocycles. The third-order valence-corrected chi connectivity index (χ3v) is 4.99. The Morgan fingerprint density at radius 3 is 2.59 bits per heavy atom. The number of pyridine rings is 1. The van der Waals surface area contributed by atoms with Crippen molar-refractivity contribution >= 4 is 23.4 Å². The zero-order valence-corrected chi connectivity index (χ0v) is 18.3. The summed E-state index contributed by atoms with van der Waals surface area (Å²) in [5, 5.41) is 14.4. The number of aliphatic hydroxyl groups is 1. The number of ether oxygens (including phenoxy) is 1. The molecular weight excluding hydrogens is 431 g/mol. The highest BCUT2D eigenvalue weighted by Crippen LogP contribution is 2.31. The lowest BCUT2D eigenvalue weighted by atomic mass is 10.1. The molecule has 0 unspecified atom stereocenters. The molecule has 4 aromatic rings. The Morgan fingerprint density at radius 2 is 1.88 bits per heavy atom. The maximum absolute atomic E-state index is 13.1. The SMILES string of the molecule is COc1ncc(-c2cnc3ncc(C#CC(C)(C)O)n3n2)cc1NSc1ccc(F)cc1. The molecule has 32 heavy (non-hydrogen) atoms. The standard InChI is InChI=1S/C22H19FN6O2S/c1-22(2,30)9-8-16-12-25-21-26-13-19(27-29(16)21)14-10-18(20(31-3)24-11-14)28-32-17-6-4-15(23)5-7-17/h4-7,10-13,28,30H,1-3H3. The summed E-state index contributed by atoms with van der Waals surface area (Å²) in [5.41, 5.74) is 1.22.